The number of hydrogen-bond acceptors (Lipinski definition) is 5. The summed E-state index contributed by atoms with van der Waals surface area (Å²) in [5.41, 5.74) is 0. The summed E-state index contributed by atoms with van der Waals surface area (Å²) in [7, 11) is -2.10. The Morgan fingerprint density at radius 2 is 2.06 bits per heavy atom. The molecule has 0 aliphatic heterocycles. The van der Waals surface area contributed by atoms with E-state index in [0.29, 0.717) is 12.4 Å². The summed E-state index contributed by atoms with van der Waals surface area (Å²) in [6.45, 7) is 1.91. The molecule has 0 saturated heterocycles. The predicted molar refractivity (Wildman–Crippen MR) is 67.9 cm³/mol. The number of aliphatic hydroxyl groups excluding tert-OH is 1. The van der Waals surface area contributed by atoms with E-state index in [0.717, 1.165) is 6.42 Å². The third kappa shape index (κ3) is 3.36. The van der Waals surface area contributed by atoms with Crippen molar-refractivity contribution in [2.75, 3.05) is 26.1 Å². The van der Waals surface area contributed by atoms with E-state index in [-0.39, 0.29) is 16.4 Å². The molecule has 18 heavy (non-hydrogen) atoms. The first-order valence-electron chi connectivity index (χ1n) is 5.70. The van der Waals surface area contributed by atoms with E-state index in [9.17, 15) is 8.42 Å². The van der Waals surface area contributed by atoms with E-state index >= 15 is 0 Å². The lowest BCUT2D eigenvalue weighted by Crippen LogP contribution is -2.12. The Labute approximate surface area is 107 Å². The highest BCUT2D eigenvalue weighted by Gasteiger charge is 2.22. The van der Waals surface area contributed by atoms with Gasteiger partial charge >= 0.3 is 0 Å². The number of hydrogen-bond donors (Lipinski definition) is 1. The second-order valence-corrected chi connectivity index (χ2v) is 5.76. The summed E-state index contributed by atoms with van der Waals surface area (Å²) in [5, 5.41) is 8.81. The second kappa shape index (κ2) is 6.61. The van der Waals surface area contributed by atoms with Gasteiger partial charge in [-0.25, -0.2) is 8.42 Å². The van der Waals surface area contributed by atoms with Gasteiger partial charge in [-0.3, -0.25) is 0 Å². The smallest absolute Gasteiger partial charge is 0.184 e. The fourth-order valence-corrected chi connectivity index (χ4v) is 2.67. The highest BCUT2D eigenvalue weighted by atomic mass is 32.2. The molecular weight excluding hydrogens is 256 g/mol. The summed E-state index contributed by atoms with van der Waals surface area (Å²) in [4.78, 5) is 0.0596. The normalized spacial score (nSPS) is 11.3. The van der Waals surface area contributed by atoms with Crippen LogP contribution in [0.5, 0.6) is 11.5 Å². The molecule has 6 heteroatoms. The Balaban J connectivity index is 3.25. The van der Waals surface area contributed by atoms with E-state index in [1.165, 1.54) is 13.2 Å². The summed E-state index contributed by atoms with van der Waals surface area (Å²) < 4.78 is 34.5. The lowest BCUT2D eigenvalue weighted by atomic mass is 10.3. The van der Waals surface area contributed by atoms with E-state index in [1.54, 1.807) is 12.1 Å². The lowest BCUT2D eigenvalue weighted by Gasteiger charge is -2.14. The molecule has 102 valence electrons. The Morgan fingerprint density at radius 1 is 1.33 bits per heavy atom. The number of aliphatic hydroxyl groups is 1. The quantitative estimate of drug-likeness (QED) is 0.810. The Bertz CT molecular complexity index is 481. The molecule has 5 nitrogen and oxygen atoms in total. The van der Waals surface area contributed by atoms with E-state index in [1.807, 2.05) is 6.92 Å². The van der Waals surface area contributed by atoms with Crippen LogP contribution in [-0.4, -0.2) is 39.6 Å². The van der Waals surface area contributed by atoms with Gasteiger partial charge in [0.05, 0.1) is 26.1 Å². The summed E-state index contributed by atoms with van der Waals surface area (Å²) in [5.74, 6) is 0.264. The van der Waals surface area contributed by atoms with Crippen molar-refractivity contribution in [3.05, 3.63) is 18.2 Å². The van der Waals surface area contributed by atoms with Crippen LogP contribution in [-0.2, 0) is 9.84 Å². The van der Waals surface area contributed by atoms with Gasteiger partial charge in [0, 0.05) is 0 Å². The standard InChI is InChI=1S/C12H18O5S/c1-3-8-17-12-10(16-2)5-4-6-11(12)18(14,15)9-7-13/h4-6,13H,3,7-9H2,1-2H3. The summed E-state index contributed by atoms with van der Waals surface area (Å²) in [6.07, 6.45) is 0.761. The van der Waals surface area contributed by atoms with Gasteiger partial charge in [0.15, 0.2) is 21.3 Å². The van der Waals surface area contributed by atoms with Crippen LogP contribution in [0.4, 0.5) is 0 Å². The van der Waals surface area contributed by atoms with Crippen LogP contribution in [0.2, 0.25) is 0 Å². The van der Waals surface area contributed by atoms with Crippen molar-refractivity contribution < 1.29 is 23.0 Å². The number of benzene rings is 1. The topological polar surface area (TPSA) is 72.8 Å². The zero-order chi connectivity index (χ0) is 13.6. The van der Waals surface area contributed by atoms with Crippen LogP contribution in [0.1, 0.15) is 13.3 Å². The molecule has 0 heterocycles. The van der Waals surface area contributed by atoms with Gasteiger partial charge in [-0.15, -0.1) is 0 Å². The number of para-hydroxylation sites is 1. The minimum Gasteiger partial charge on any atom is -0.493 e. The van der Waals surface area contributed by atoms with Crippen LogP contribution in [0, 0.1) is 0 Å². The molecule has 1 aromatic carbocycles. The van der Waals surface area contributed by atoms with Crippen molar-refractivity contribution in [3.8, 4) is 11.5 Å². The van der Waals surface area contributed by atoms with Gasteiger partial charge in [0.1, 0.15) is 4.90 Å². The Hall–Kier alpha value is -1.27. The lowest BCUT2D eigenvalue weighted by molar-refractivity contribution is 0.286. The first-order valence-corrected chi connectivity index (χ1v) is 7.35. The Kier molecular flexibility index (Phi) is 5.43. The van der Waals surface area contributed by atoms with Gasteiger partial charge < -0.3 is 14.6 Å². The van der Waals surface area contributed by atoms with Gasteiger partial charge in [-0.05, 0) is 18.6 Å². The monoisotopic (exact) mass is 274 g/mol. The fourth-order valence-electron chi connectivity index (χ4n) is 1.48. The maximum atomic E-state index is 12.0. The maximum absolute atomic E-state index is 12.0. The van der Waals surface area contributed by atoms with E-state index < -0.39 is 16.4 Å². The number of rotatable bonds is 7. The van der Waals surface area contributed by atoms with Gasteiger partial charge in [0.2, 0.25) is 0 Å². The molecule has 1 aromatic rings. The van der Waals surface area contributed by atoms with Crippen molar-refractivity contribution >= 4 is 9.84 Å². The molecule has 0 aliphatic carbocycles. The summed E-state index contributed by atoms with van der Waals surface area (Å²) in [6, 6.07) is 4.68. The zero-order valence-electron chi connectivity index (χ0n) is 10.5. The predicted octanol–water partition coefficient (Wildman–Crippen LogP) is 1.25. The molecule has 0 bridgehead atoms. The molecule has 0 saturated carbocycles. The average Bonchev–Trinajstić information content (AvgIpc) is 2.35. The van der Waals surface area contributed by atoms with Gasteiger partial charge in [0.25, 0.3) is 0 Å². The zero-order valence-corrected chi connectivity index (χ0v) is 11.4. The molecular formula is C12H18O5S. The minimum absolute atomic E-state index is 0.0596. The van der Waals surface area contributed by atoms with Crippen molar-refractivity contribution in [3.63, 3.8) is 0 Å². The van der Waals surface area contributed by atoms with Crippen LogP contribution in [0.25, 0.3) is 0 Å². The van der Waals surface area contributed by atoms with Gasteiger partial charge in [-0.2, -0.15) is 0 Å². The van der Waals surface area contributed by atoms with E-state index in [4.69, 9.17) is 14.6 Å². The molecule has 0 aromatic heterocycles. The molecule has 0 radical (unpaired) electrons. The van der Waals surface area contributed by atoms with Crippen molar-refractivity contribution in [1.82, 2.24) is 0 Å². The average molecular weight is 274 g/mol. The van der Waals surface area contributed by atoms with Crippen LogP contribution in [0.15, 0.2) is 23.1 Å². The van der Waals surface area contributed by atoms with Crippen LogP contribution >= 0.6 is 0 Å². The van der Waals surface area contributed by atoms with Crippen molar-refractivity contribution in [2.45, 2.75) is 18.2 Å². The molecule has 0 fully saturated rings. The highest BCUT2D eigenvalue weighted by molar-refractivity contribution is 7.91. The molecule has 0 aliphatic rings. The molecule has 0 spiro atoms. The van der Waals surface area contributed by atoms with Crippen molar-refractivity contribution in [1.29, 1.82) is 0 Å². The summed E-state index contributed by atoms with van der Waals surface area (Å²) >= 11 is 0. The first-order chi connectivity index (χ1) is 8.56. The molecule has 0 amide bonds. The number of sulfone groups is 1. The van der Waals surface area contributed by atoms with Crippen LogP contribution < -0.4 is 9.47 Å². The molecule has 0 atom stereocenters. The SMILES string of the molecule is CCCOc1c(OC)cccc1S(=O)(=O)CCO. The van der Waals surface area contributed by atoms with Crippen LogP contribution in [0.3, 0.4) is 0 Å². The second-order valence-electron chi connectivity index (χ2n) is 3.68. The minimum atomic E-state index is -3.56. The highest BCUT2D eigenvalue weighted by Crippen LogP contribution is 2.34. The maximum Gasteiger partial charge on any atom is 0.184 e. The van der Waals surface area contributed by atoms with Crippen molar-refractivity contribution in [2.24, 2.45) is 0 Å². The Morgan fingerprint density at radius 3 is 2.61 bits per heavy atom. The number of ether oxygens (including phenoxy) is 2. The molecule has 1 rings (SSSR count). The fraction of sp³-hybridized carbons (Fsp3) is 0.500. The van der Waals surface area contributed by atoms with Gasteiger partial charge in [-0.1, -0.05) is 13.0 Å². The largest absolute Gasteiger partial charge is 0.493 e. The molecule has 1 N–H and O–H groups in total. The third-order valence-corrected chi connectivity index (χ3v) is 4.02. The number of methoxy groups -OCH3 is 1. The third-order valence-electron chi connectivity index (χ3n) is 2.31. The van der Waals surface area contributed by atoms with E-state index in [2.05, 4.69) is 0 Å². The first kappa shape index (κ1) is 14.8. The molecule has 0 unspecified atom stereocenters.